The van der Waals surface area contributed by atoms with Crippen molar-refractivity contribution in [3.05, 3.63) is 65.6 Å². The first-order valence-corrected chi connectivity index (χ1v) is 11.2. The van der Waals surface area contributed by atoms with Crippen molar-refractivity contribution in [3.8, 4) is 11.6 Å². The van der Waals surface area contributed by atoms with Gasteiger partial charge in [-0.2, -0.15) is 5.10 Å². The number of hydrogen-bond acceptors (Lipinski definition) is 8. The number of halogens is 2. The number of nitrogens with zero attached hydrogens (tertiary/aromatic N) is 8. The average Bonchev–Trinajstić information content (AvgIpc) is 3.42. The average molecular weight is 495 g/mol. The Labute approximate surface area is 204 Å². The topological polar surface area (TPSA) is 116 Å². The lowest BCUT2D eigenvalue weighted by Crippen LogP contribution is -2.52. The molecule has 1 N–H and O–H groups in total. The molecule has 13 heteroatoms. The number of rotatable bonds is 8. The van der Waals surface area contributed by atoms with Gasteiger partial charge in [0.2, 0.25) is 11.8 Å². The maximum Gasteiger partial charge on any atom is 0.263 e. The molecule has 11 nitrogen and oxygen atoms in total. The van der Waals surface area contributed by atoms with Crippen molar-refractivity contribution in [1.29, 1.82) is 0 Å². The van der Waals surface area contributed by atoms with Crippen molar-refractivity contribution in [3.63, 3.8) is 0 Å². The lowest BCUT2D eigenvalue weighted by Gasteiger charge is -2.38. The Hall–Kier alpha value is -4.42. The van der Waals surface area contributed by atoms with Crippen LogP contribution in [0.15, 0.2) is 48.7 Å². The van der Waals surface area contributed by atoms with Crippen molar-refractivity contribution >= 4 is 17.5 Å². The minimum absolute atomic E-state index is 0.0628. The first-order chi connectivity index (χ1) is 17.4. The summed E-state index contributed by atoms with van der Waals surface area (Å²) < 4.78 is 34.6. The number of anilines is 2. The summed E-state index contributed by atoms with van der Waals surface area (Å²) in [5, 5.41) is 23.4. The van der Waals surface area contributed by atoms with E-state index in [4.69, 9.17) is 4.74 Å². The molecule has 0 atom stereocenters. The Morgan fingerprint density at radius 1 is 1.11 bits per heavy atom. The summed E-state index contributed by atoms with van der Waals surface area (Å²) in [7, 11) is 1.76. The highest BCUT2D eigenvalue weighted by atomic mass is 19.3. The molecule has 0 radical (unpaired) electrons. The number of ether oxygens (including phenoxy) is 1. The molecule has 186 valence electrons. The van der Waals surface area contributed by atoms with Gasteiger partial charge in [-0.3, -0.25) is 9.48 Å². The second-order valence-corrected chi connectivity index (χ2v) is 8.38. The molecule has 5 rings (SSSR count). The number of benzene rings is 1. The van der Waals surface area contributed by atoms with Gasteiger partial charge in [-0.15, -0.1) is 15.3 Å². The molecule has 1 aromatic carbocycles. The summed E-state index contributed by atoms with van der Waals surface area (Å²) in [5.41, 5.74) is 1.84. The molecule has 0 spiro atoms. The first-order valence-electron chi connectivity index (χ1n) is 11.2. The van der Waals surface area contributed by atoms with E-state index in [2.05, 4.69) is 30.9 Å². The van der Waals surface area contributed by atoms with Crippen molar-refractivity contribution < 1.29 is 18.3 Å². The van der Waals surface area contributed by atoms with Gasteiger partial charge in [-0.1, -0.05) is 17.3 Å². The number of carbonyl (C=O) groups excluding carboxylic acids is 1. The number of aromatic nitrogens is 7. The third-order valence-corrected chi connectivity index (χ3v) is 5.98. The minimum Gasteiger partial charge on any atom is -0.470 e. The van der Waals surface area contributed by atoms with Crippen molar-refractivity contribution in [1.82, 2.24) is 35.0 Å². The van der Waals surface area contributed by atoms with Crippen LogP contribution in [0.3, 0.4) is 0 Å². The maximum atomic E-state index is 12.8. The molecule has 0 bridgehead atoms. The van der Waals surface area contributed by atoms with Crippen molar-refractivity contribution in [2.24, 2.45) is 13.0 Å². The van der Waals surface area contributed by atoms with Crippen LogP contribution in [0.2, 0.25) is 0 Å². The second-order valence-electron chi connectivity index (χ2n) is 8.38. The van der Waals surface area contributed by atoms with Gasteiger partial charge in [0.15, 0.2) is 5.82 Å². The van der Waals surface area contributed by atoms with Crippen LogP contribution in [0.4, 0.5) is 20.4 Å². The fourth-order valence-corrected chi connectivity index (χ4v) is 3.77. The fraction of sp³-hybridized carbons (Fsp3) is 0.304. The fourth-order valence-electron chi connectivity index (χ4n) is 3.77. The number of amides is 1. The zero-order valence-corrected chi connectivity index (χ0v) is 19.5. The quantitative estimate of drug-likeness (QED) is 0.397. The van der Waals surface area contributed by atoms with E-state index >= 15 is 0 Å². The second kappa shape index (κ2) is 9.68. The molecular weight excluding hydrogens is 472 g/mol. The van der Waals surface area contributed by atoms with E-state index in [1.165, 1.54) is 12.1 Å². The molecule has 0 aliphatic carbocycles. The minimum atomic E-state index is -2.54. The molecule has 3 aromatic heterocycles. The molecule has 1 saturated heterocycles. The van der Waals surface area contributed by atoms with Crippen LogP contribution in [0.1, 0.15) is 23.4 Å². The van der Waals surface area contributed by atoms with Crippen LogP contribution < -0.4 is 15.0 Å². The molecule has 4 heterocycles. The van der Waals surface area contributed by atoms with Gasteiger partial charge in [0, 0.05) is 37.8 Å². The number of aryl methyl sites for hydroxylation is 2. The van der Waals surface area contributed by atoms with Gasteiger partial charge in [0.1, 0.15) is 18.1 Å². The SMILES string of the molecule is Cc1nnn(-c2ccc(C(F)F)cc2)c1COc1ccc(N2CC(C(=O)Nc3ccnn3C)C2)nn1. The van der Waals surface area contributed by atoms with E-state index in [9.17, 15) is 13.6 Å². The van der Waals surface area contributed by atoms with Gasteiger partial charge in [-0.05, 0) is 25.1 Å². The molecule has 1 aliphatic heterocycles. The first kappa shape index (κ1) is 23.3. The Balaban J connectivity index is 1.17. The lowest BCUT2D eigenvalue weighted by molar-refractivity contribution is -0.120. The monoisotopic (exact) mass is 495 g/mol. The Bertz CT molecular complexity index is 1350. The molecular formula is C23H23F2N9O2. The standard InChI is InChI=1S/C23H23F2N9O2/c1-14-18(34(31-28-14)17-5-3-15(4-6-17)22(24)25)13-36-21-8-7-20(29-30-21)33-11-16(12-33)23(35)27-19-9-10-26-32(19)2/h3-10,16,22H,11-13H2,1-2H3,(H,27,35). The van der Waals surface area contributed by atoms with E-state index in [-0.39, 0.29) is 24.0 Å². The smallest absolute Gasteiger partial charge is 0.263 e. The molecule has 4 aromatic rings. The van der Waals surface area contributed by atoms with Gasteiger partial charge in [-0.25, -0.2) is 13.5 Å². The highest BCUT2D eigenvalue weighted by Gasteiger charge is 2.34. The van der Waals surface area contributed by atoms with Crippen LogP contribution in [0.5, 0.6) is 5.88 Å². The van der Waals surface area contributed by atoms with Gasteiger partial charge >= 0.3 is 0 Å². The number of carbonyl (C=O) groups is 1. The van der Waals surface area contributed by atoms with Crippen LogP contribution in [0, 0.1) is 12.8 Å². The van der Waals surface area contributed by atoms with E-state index < -0.39 is 6.43 Å². The van der Waals surface area contributed by atoms with E-state index in [0.717, 1.165) is 0 Å². The van der Waals surface area contributed by atoms with Crippen molar-refractivity contribution in [2.75, 3.05) is 23.3 Å². The summed E-state index contributed by atoms with van der Waals surface area (Å²) in [4.78, 5) is 14.4. The highest BCUT2D eigenvalue weighted by Crippen LogP contribution is 2.25. The van der Waals surface area contributed by atoms with E-state index in [1.807, 2.05) is 4.90 Å². The van der Waals surface area contributed by atoms with Crippen LogP contribution in [-0.2, 0) is 18.4 Å². The number of hydrogen-bond donors (Lipinski definition) is 1. The predicted octanol–water partition coefficient (Wildman–Crippen LogP) is 2.69. The molecule has 1 amide bonds. The largest absolute Gasteiger partial charge is 0.470 e. The summed E-state index contributed by atoms with van der Waals surface area (Å²) in [6.07, 6.45) is -0.910. The summed E-state index contributed by atoms with van der Waals surface area (Å²) in [6.45, 7) is 2.97. The number of nitrogens with one attached hydrogen (secondary N) is 1. The van der Waals surface area contributed by atoms with E-state index in [1.54, 1.807) is 59.9 Å². The molecule has 1 fully saturated rings. The molecule has 0 unspecified atom stereocenters. The summed E-state index contributed by atoms with van der Waals surface area (Å²) in [6, 6.07) is 11.1. The Morgan fingerprint density at radius 2 is 1.89 bits per heavy atom. The molecule has 0 saturated carbocycles. The normalized spacial score (nSPS) is 13.6. The zero-order valence-electron chi connectivity index (χ0n) is 19.5. The highest BCUT2D eigenvalue weighted by molar-refractivity contribution is 5.93. The van der Waals surface area contributed by atoms with Crippen molar-refractivity contribution in [2.45, 2.75) is 20.0 Å². The molecule has 1 aliphatic rings. The summed E-state index contributed by atoms with van der Waals surface area (Å²) >= 11 is 0. The van der Waals surface area contributed by atoms with E-state index in [0.29, 0.717) is 47.7 Å². The van der Waals surface area contributed by atoms with Gasteiger partial charge < -0.3 is 15.0 Å². The predicted molar refractivity (Wildman–Crippen MR) is 125 cm³/mol. The molecule has 36 heavy (non-hydrogen) atoms. The maximum absolute atomic E-state index is 12.8. The van der Waals surface area contributed by atoms with Crippen LogP contribution in [0.25, 0.3) is 5.69 Å². The number of alkyl halides is 2. The zero-order chi connectivity index (χ0) is 25.2. The van der Waals surface area contributed by atoms with Crippen LogP contribution in [-0.4, -0.2) is 54.0 Å². The third kappa shape index (κ3) is 4.72. The Kier molecular flexibility index (Phi) is 6.27. The Morgan fingerprint density at radius 3 is 2.53 bits per heavy atom. The van der Waals surface area contributed by atoms with Gasteiger partial charge in [0.05, 0.1) is 23.5 Å². The third-order valence-electron chi connectivity index (χ3n) is 5.98. The lowest BCUT2D eigenvalue weighted by atomic mass is 9.99. The van der Waals surface area contributed by atoms with Crippen LogP contribution >= 0.6 is 0 Å². The summed E-state index contributed by atoms with van der Waals surface area (Å²) in [5.74, 6) is 1.39. The van der Waals surface area contributed by atoms with Gasteiger partial charge in [0.25, 0.3) is 6.43 Å².